The van der Waals surface area contributed by atoms with Crippen molar-refractivity contribution in [3.05, 3.63) is 65.2 Å². The molecule has 2 aromatic rings. The molecule has 0 aliphatic rings. The highest BCUT2D eigenvalue weighted by Crippen LogP contribution is 2.26. The van der Waals surface area contributed by atoms with E-state index in [2.05, 4.69) is 5.32 Å². The molecule has 0 aromatic heterocycles. The second-order valence-electron chi connectivity index (χ2n) is 4.99. The number of amides is 1. The van der Waals surface area contributed by atoms with Crippen LogP contribution in [0.3, 0.4) is 0 Å². The zero-order valence-corrected chi connectivity index (χ0v) is 13.1. The van der Waals surface area contributed by atoms with Gasteiger partial charge in [-0.1, -0.05) is 36.4 Å². The summed E-state index contributed by atoms with van der Waals surface area (Å²) in [6.45, 7) is 2.30. The standard InChI is InChI=1S/C18H21NO3/c1-13-8-4-5-9-14(13)18(20)19-12-17(22-3)15-10-6-7-11-16(15)21-2/h4-11,17H,12H2,1-3H3,(H,19,20)/t17-/m1/s1. The van der Waals surface area contributed by atoms with Crippen LogP contribution in [0.25, 0.3) is 0 Å². The van der Waals surface area contributed by atoms with E-state index >= 15 is 0 Å². The van der Waals surface area contributed by atoms with Gasteiger partial charge in [-0.25, -0.2) is 0 Å². The van der Waals surface area contributed by atoms with Gasteiger partial charge in [0.1, 0.15) is 11.9 Å². The summed E-state index contributed by atoms with van der Waals surface area (Å²) in [6, 6.07) is 15.2. The van der Waals surface area contributed by atoms with Crippen molar-refractivity contribution in [3.63, 3.8) is 0 Å². The molecule has 1 N–H and O–H groups in total. The number of carbonyl (C=O) groups is 1. The molecule has 0 saturated heterocycles. The molecule has 4 heteroatoms. The Morgan fingerprint density at radius 2 is 1.77 bits per heavy atom. The van der Waals surface area contributed by atoms with E-state index < -0.39 is 0 Å². The second kappa shape index (κ2) is 7.61. The molecule has 0 aliphatic heterocycles. The van der Waals surface area contributed by atoms with Crippen LogP contribution in [-0.2, 0) is 4.74 Å². The predicted octanol–water partition coefficient (Wildman–Crippen LogP) is 3.12. The van der Waals surface area contributed by atoms with Crippen LogP contribution >= 0.6 is 0 Å². The van der Waals surface area contributed by atoms with E-state index in [-0.39, 0.29) is 12.0 Å². The Balaban J connectivity index is 2.08. The maximum atomic E-state index is 12.3. The monoisotopic (exact) mass is 299 g/mol. The lowest BCUT2D eigenvalue weighted by Gasteiger charge is -2.19. The lowest BCUT2D eigenvalue weighted by atomic mass is 10.1. The van der Waals surface area contributed by atoms with Crippen LogP contribution in [0, 0.1) is 6.92 Å². The number of para-hydroxylation sites is 1. The molecular weight excluding hydrogens is 278 g/mol. The van der Waals surface area contributed by atoms with Crippen LogP contribution in [0.2, 0.25) is 0 Å². The first kappa shape index (κ1) is 16.0. The summed E-state index contributed by atoms with van der Waals surface area (Å²) in [6.07, 6.45) is -0.260. The van der Waals surface area contributed by atoms with Crippen molar-refractivity contribution in [3.8, 4) is 5.75 Å². The molecule has 0 radical (unpaired) electrons. The summed E-state index contributed by atoms with van der Waals surface area (Å²) in [5.74, 6) is 0.648. The van der Waals surface area contributed by atoms with Gasteiger partial charge < -0.3 is 14.8 Å². The molecule has 0 fully saturated rings. The maximum absolute atomic E-state index is 12.3. The summed E-state index contributed by atoms with van der Waals surface area (Å²) < 4.78 is 10.8. The zero-order valence-electron chi connectivity index (χ0n) is 13.1. The van der Waals surface area contributed by atoms with Crippen LogP contribution in [0.1, 0.15) is 27.6 Å². The van der Waals surface area contributed by atoms with Crippen molar-refractivity contribution in [2.45, 2.75) is 13.0 Å². The molecule has 4 nitrogen and oxygen atoms in total. The quantitative estimate of drug-likeness (QED) is 0.891. The minimum Gasteiger partial charge on any atom is -0.496 e. The highest BCUT2D eigenvalue weighted by Gasteiger charge is 2.17. The molecule has 116 valence electrons. The normalized spacial score (nSPS) is 11.8. The third-order valence-electron chi connectivity index (χ3n) is 3.61. The predicted molar refractivity (Wildman–Crippen MR) is 86.3 cm³/mol. The smallest absolute Gasteiger partial charge is 0.251 e. The number of rotatable bonds is 6. The van der Waals surface area contributed by atoms with Crippen molar-refractivity contribution in [1.29, 1.82) is 0 Å². The van der Waals surface area contributed by atoms with Crippen molar-refractivity contribution >= 4 is 5.91 Å². The van der Waals surface area contributed by atoms with Gasteiger partial charge in [0.2, 0.25) is 0 Å². The van der Waals surface area contributed by atoms with E-state index in [9.17, 15) is 4.79 Å². The summed E-state index contributed by atoms with van der Waals surface area (Å²) in [7, 11) is 3.24. The molecule has 1 amide bonds. The number of methoxy groups -OCH3 is 2. The van der Waals surface area contributed by atoms with Gasteiger partial charge in [0.05, 0.1) is 7.11 Å². The van der Waals surface area contributed by atoms with Crippen molar-refractivity contribution < 1.29 is 14.3 Å². The molecule has 0 saturated carbocycles. The molecular formula is C18H21NO3. The lowest BCUT2D eigenvalue weighted by Crippen LogP contribution is -2.29. The van der Waals surface area contributed by atoms with Crippen molar-refractivity contribution in [2.75, 3.05) is 20.8 Å². The lowest BCUT2D eigenvalue weighted by molar-refractivity contribution is 0.0818. The van der Waals surface area contributed by atoms with E-state index in [1.807, 2.05) is 55.5 Å². The van der Waals surface area contributed by atoms with Gasteiger partial charge in [-0.2, -0.15) is 0 Å². The first-order valence-corrected chi connectivity index (χ1v) is 7.17. The zero-order chi connectivity index (χ0) is 15.9. The van der Waals surface area contributed by atoms with E-state index in [0.29, 0.717) is 12.1 Å². The average Bonchev–Trinajstić information content (AvgIpc) is 2.56. The topological polar surface area (TPSA) is 47.6 Å². The Morgan fingerprint density at radius 3 is 2.45 bits per heavy atom. The van der Waals surface area contributed by atoms with Gasteiger partial charge in [0, 0.05) is 24.8 Å². The van der Waals surface area contributed by atoms with Gasteiger partial charge in [-0.15, -0.1) is 0 Å². The fourth-order valence-corrected chi connectivity index (χ4v) is 2.36. The SMILES string of the molecule is COc1ccccc1[C@@H](CNC(=O)c1ccccc1C)OC. The van der Waals surface area contributed by atoms with Crippen LogP contribution in [0.5, 0.6) is 5.75 Å². The molecule has 1 atom stereocenters. The van der Waals surface area contributed by atoms with Crippen molar-refractivity contribution in [2.24, 2.45) is 0 Å². The fourth-order valence-electron chi connectivity index (χ4n) is 2.36. The molecule has 0 spiro atoms. The third kappa shape index (κ3) is 3.65. The largest absolute Gasteiger partial charge is 0.496 e. The van der Waals surface area contributed by atoms with E-state index in [0.717, 1.165) is 16.9 Å². The number of hydrogen-bond donors (Lipinski definition) is 1. The number of hydrogen-bond acceptors (Lipinski definition) is 3. The molecule has 0 heterocycles. The Labute approximate surface area is 131 Å². The van der Waals surface area contributed by atoms with Crippen LogP contribution in [0.4, 0.5) is 0 Å². The first-order chi connectivity index (χ1) is 10.7. The van der Waals surface area contributed by atoms with Crippen LogP contribution in [-0.4, -0.2) is 26.7 Å². The van der Waals surface area contributed by atoms with Gasteiger partial charge >= 0.3 is 0 Å². The number of carbonyl (C=O) groups excluding carboxylic acids is 1. The Morgan fingerprint density at radius 1 is 1.09 bits per heavy atom. The van der Waals surface area contributed by atoms with E-state index in [4.69, 9.17) is 9.47 Å². The number of aryl methyl sites for hydroxylation is 1. The fraction of sp³-hybridized carbons (Fsp3) is 0.278. The number of ether oxygens (including phenoxy) is 2. The van der Waals surface area contributed by atoms with Gasteiger partial charge in [0.25, 0.3) is 5.91 Å². The molecule has 0 unspecified atom stereocenters. The van der Waals surface area contributed by atoms with Gasteiger partial charge in [0.15, 0.2) is 0 Å². The number of nitrogens with one attached hydrogen (secondary N) is 1. The number of benzene rings is 2. The molecule has 2 aromatic carbocycles. The highest BCUT2D eigenvalue weighted by atomic mass is 16.5. The highest BCUT2D eigenvalue weighted by molar-refractivity contribution is 5.95. The van der Waals surface area contributed by atoms with Crippen molar-refractivity contribution in [1.82, 2.24) is 5.32 Å². The van der Waals surface area contributed by atoms with Gasteiger partial charge in [-0.3, -0.25) is 4.79 Å². The molecule has 2 rings (SSSR count). The minimum atomic E-state index is -0.260. The minimum absolute atomic E-state index is 0.102. The van der Waals surface area contributed by atoms with E-state index in [1.165, 1.54) is 0 Å². The Bertz CT molecular complexity index is 640. The summed E-state index contributed by atoms with van der Waals surface area (Å²) in [5, 5.41) is 2.92. The first-order valence-electron chi connectivity index (χ1n) is 7.17. The third-order valence-corrected chi connectivity index (χ3v) is 3.61. The Kier molecular flexibility index (Phi) is 5.55. The summed E-state index contributed by atoms with van der Waals surface area (Å²) >= 11 is 0. The average molecular weight is 299 g/mol. The van der Waals surface area contributed by atoms with Gasteiger partial charge in [-0.05, 0) is 24.6 Å². The molecule has 22 heavy (non-hydrogen) atoms. The van der Waals surface area contributed by atoms with E-state index in [1.54, 1.807) is 14.2 Å². The van der Waals surface area contributed by atoms with Crippen LogP contribution in [0.15, 0.2) is 48.5 Å². The van der Waals surface area contributed by atoms with Crippen LogP contribution < -0.4 is 10.1 Å². The summed E-state index contributed by atoms with van der Waals surface area (Å²) in [5.41, 5.74) is 2.54. The maximum Gasteiger partial charge on any atom is 0.251 e. The second-order valence-corrected chi connectivity index (χ2v) is 4.99. The molecule has 0 bridgehead atoms. The Hall–Kier alpha value is -2.33. The molecule has 0 aliphatic carbocycles. The summed E-state index contributed by atoms with van der Waals surface area (Å²) in [4.78, 5) is 12.3.